The van der Waals surface area contributed by atoms with Crippen molar-refractivity contribution >= 4 is 5.91 Å². The highest BCUT2D eigenvalue weighted by atomic mass is 16.5. The number of likely N-dealkylation sites (tertiary alicyclic amines) is 1. The average molecular weight is 267 g/mol. The van der Waals surface area contributed by atoms with E-state index < -0.39 is 0 Å². The van der Waals surface area contributed by atoms with E-state index in [4.69, 9.17) is 4.74 Å². The van der Waals surface area contributed by atoms with Crippen LogP contribution >= 0.6 is 0 Å². The largest absolute Gasteiger partial charge is 0.457 e. The van der Waals surface area contributed by atoms with E-state index in [1.54, 1.807) is 0 Å². The first-order chi connectivity index (χ1) is 9.83. The quantitative estimate of drug-likeness (QED) is 0.848. The Balaban J connectivity index is 1.77. The van der Waals surface area contributed by atoms with Gasteiger partial charge >= 0.3 is 0 Å². The van der Waals surface area contributed by atoms with E-state index in [1.165, 1.54) is 0 Å². The fraction of sp³-hybridized carbons (Fsp3) is 0.235. The van der Waals surface area contributed by atoms with Crippen molar-refractivity contribution < 1.29 is 9.53 Å². The Hall–Kier alpha value is -2.29. The lowest BCUT2D eigenvalue weighted by molar-refractivity contribution is 0.0792. The van der Waals surface area contributed by atoms with Crippen LogP contribution in [0.1, 0.15) is 23.2 Å². The molecule has 1 saturated heterocycles. The maximum absolute atomic E-state index is 12.3. The van der Waals surface area contributed by atoms with E-state index in [1.807, 2.05) is 59.5 Å². The summed E-state index contributed by atoms with van der Waals surface area (Å²) in [6, 6.07) is 17.0. The van der Waals surface area contributed by atoms with Gasteiger partial charge < -0.3 is 9.64 Å². The van der Waals surface area contributed by atoms with E-state index >= 15 is 0 Å². The molecule has 1 aliphatic heterocycles. The van der Waals surface area contributed by atoms with E-state index in [-0.39, 0.29) is 5.91 Å². The number of amides is 1. The summed E-state index contributed by atoms with van der Waals surface area (Å²) in [6.45, 7) is 1.73. The van der Waals surface area contributed by atoms with Crippen molar-refractivity contribution in [2.45, 2.75) is 12.8 Å². The molecule has 102 valence electrons. The zero-order chi connectivity index (χ0) is 13.8. The van der Waals surface area contributed by atoms with Gasteiger partial charge in [-0.3, -0.25) is 4.79 Å². The Labute approximate surface area is 118 Å². The van der Waals surface area contributed by atoms with Crippen LogP contribution in [0.2, 0.25) is 0 Å². The molecule has 0 bridgehead atoms. The number of hydrogen-bond donors (Lipinski definition) is 0. The molecule has 3 heteroatoms. The van der Waals surface area contributed by atoms with Crippen molar-refractivity contribution in [2.24, 2.45) is 0 Å². The van der Waals surface area contributed by atoms with Gasteiger partial charge in [-0.05, 0) is 43.2 Å². The lowest BCUT2D eigenvalue weighted by Gasteiger charge is -2.15. The van der Waals surface area contributed by atoms with Gasteiger partial charge in [-0.2, -0.15) is 0 Å². The molecule has 1 aliphatic rings. The van der Waals surface area contributed by atoms with Crippen LogP contribution in [-0.4, -0.2) is 23.9 Å². The van der Waals surface area contributed by atoms with Crippen LogP contribution in [-0.2, 0) is 0 Å². The first kappa shape index (κ1) is 12.7. The van der Waals surface area contributed by atoms with Crippen LogP contribution in [0.3, 0.4) is 0 Å². The Morgan fingerprint density at radius 3 is 2.35 bits per heavy atom. The second-order valence-corrected chi connectivity index (χ2v) is 4.94. The van der Waals surface area contributed by atoms with Crippen LogP contribution in [0.4, 0.5) is 0 Å². The fourth-order valence-electron chi connectivity index (χ4n) is 2.42. The number of carbonyl (C=O) groups excluding carboxylic acids is 1. The second kappa shape index (κ2) is 5.78. The van der Waals surface area contributed by atoms with Gasteiger partial charge in [0, 0.05) is 18.7 Å². The van der Waals surface area contributed by atoms with Gasteiger partial charge in [0.2, 0.25) is 0 Å². The number of ether oxygens (including phenoxy) is 1. The minimum Gasteiger partial charge on any atom is -0.457 e. The van der Waals surface area contributed by atoms with Gasteiger partial charge in [0.05, 0.1) is 0 Å². The van der Waals surface area contributed by atoms with Gasteiger partial charge in [0.15, 0.2) is 0 Å². The Morgan fingerprint density at radius 1 is 0.900 bits per heavy atom. The molecule has 1 heterocycles. The van der Waals surface area contributed by atoms with Crippen molar-refractivity contribution in [3.63, 3.8) is 0 Å². The topological polar surface area (TPSA) is 29.5 Å². The first-order valence-electron chi connectivity index (χ1n) is 6.95. The van der Waals surface area contributed by atoms with E-state index in [0.717, 1.165) is 31.7 Å². The summed E-state index contributed by atoms with van der Waals surface area (Å²) in [4.78, 5) is 14.2. The SMILES string of the molecule is O=C(c1cccc(Oc2ccccc2)c1)N1CCCC1. The predicted octanol–water partition coefficient (Wildman–Crippen LogP) is 3.71. The minimum atomic E-state index is 0.0982. The van der Waals surface area contributed by atoms with Crippen molar-refractivity contribution in [1.29, 1.82) is 0 Å². The van der Waals surface area contributed by atoms with Crippen LogP contribution in [0.15, 0.2) is 54.6 Å². The predicted molar refractivity (Wildman–Crippen MR) is 78.1 cm³/mol. The van der Waals surface area contributed by atoms with E-state index in [9.17, 15) is 4.79 Å². The normalized spacial score (nSPS) is 14.3. The number of benzene rings is 2. The molecule has 2 aromatic carbocycles. The standard InChI is InChI=1S/C17H17NO2/c19-17(18-11-4-5-12-18)14-7-6-10-16(13-14)20-15-8-2-1-3-9-15/h1-3,6-10,13H,4-5,11-12H2. The van der Waals surface area contributed by atoms with Crippen molar-refractivity contribution in [1.82, 2.24) is 4.90 Å². The van der Waals surface area contributed by atoms with Crippen LogP contribution < -0.4 is 4.74 Å². The molecule has 0 N–H and O–H groups in total. The molecule has 2 aromatic rings. The van der Waals surface area contributed by atoms with Crippen molar-refractivity contribution in [3.8, 4) is 11.5 Å². The molecule has 1 fully saturated rings. The number of hydrogen-bond acceptors (Lipinski definition) is 2. The summed E-state index contributed by atoms with van der Waals surface area (Å²) < 4.78 is 5.76. The van der Waals surface area contributed by atoms with Crippen LogP contribution in [0.25, 0.3) is 0 Å². The third-order valence-electron chi connectivity index (χ3n) is 3.45. The molecule has 0 spiro atoms. The van der Waals surface area contributed by atoms with Gasteiger partial charge in [-0.15, -0.1) is 0 Å². The molecule has 0 radical (unpaired) electrons. The molecule has 0 aromatic heterocycles. The lowest BCUT2D eigenvalue weighted by atomic mass is 10.2. The lowest BCUT2D eigenvalue weighted by Crippen LogP contribution is -2.27. The van der Waals surface area contributed by atoms with Gasteiger partial charge in [-0.25, -0.2) is 0 Å². The summed E-state index contributed by atoms with van der Waals surface area (Å²) in [7, 11) is 0. The Morgan fingerprint density at radius 2 is 1.60 bits per heavy atom. The molecular formula is C17H17NO2. The third kappa shape index (κ3) is 2.82. The van der Waals surface area contributed by atoms with Crippen LogP contribution in [0.5, 0.6) is 11.5 Å². The van der Waals surface area contributed by atoms with Crippen molar-refractivity contribution in [2.75, 3.05) is 13.1 Å². The van der Waals surface area contributed by atoms with Crippen molar-refractivity contribution in [3.05, 3.63) is 60.2 Å². The molecule has 0 aliphatic carbocycles. The number of para-hydroxylation sites is 1. The van der Waals surface area contributed by atoms with Gasteiger partial charge in [-0.1, -0.05) is 24.3 Å². The molecule has 20 heavy (non-hydrogen) atoms. The highest BCUT2D eigenvalue weighted by Crippen LogP contribution is 2.23. The summed E-state index contributed by atoms with van der Waals surface area (Å²) in [5, 5.41) is 0. The average Bonchev–Trinajstić information content (AvgIpc) is 3.02. The summed E-state index contributed by atoms with van der Waals surface area (Å²) in [5.74, 6) is 1.57. The molecule has 3 rings (SSSR count). The Kier molecular flexibility index (Phi) is 3.68. The monoisotopic (exact) mass is 267 g/mol. The minimum absolute atomic E-state index is 0.0982. The summed E-state index contributed by atoms with van der Waals surface area (Å²) in [5.41, 5.74) is 0.695. The highest BCUT2D eigenvalue weighted by molar-refractivity contribution is 5.94. The maximum Gasteiger partial charge on any atom is 0.253 e. The second-order valence-electron chi connectivity index (χ2n) is 4.94. The van der Waals surface area contributed by atoms with Gasteiger partial charge in [0.25, 0.3) is 5.91 Å². The molecular weight excluding hydrogens is 250 g/mol. The highest BCUT2D eigenvalue weighted by Gasteiger charge is 2.19. The molecule has 0 unspecified atom stereocenters. The van der Waals surface area contributed by atoms with Crippen LogP contribution in [0, 0.1) is 0 Å². The number of nitrogens with zero attached hydrogens (tertiary/aromatic N) is 1. The smallest absolute Gasteiger partial charge is 0.253 e. The molecule has 3 nitrogen and oxygen atoms in total. The zero-order valence-corrected chi connectivity index (χ0v) is 11.3. The summed E-state index contributed by atoms with van der Waals surface area (Å²) >= 11 is 0. The molecule has 0 saturated carbocycles. The van der Waals surface area contributed by atoms with E-state index in [0.29, 0.717) is 11.3 Å². The summed E-state index contributed by atoms with van der Waals surface area (Å²) in [6.07, 6.45) is 2.21. The fourth-order valence-corrected chi connectivity index (χ4v) is 2.42. The first-order valence-corrected chi connectivity index (χ1v) is 6.95. The maximum atomic E-state index is 12.3. The Bertz CT molecular complexity index is 589. The zero-order valence-electron chi connectivity index (χ0n) is 11.3. The number of carbonyl (C=O) groups is 1. The van der Waals surface area contributed by atoms with E-state index in [2.05, 4.69) is 0 Å². The molecule has 0 atom stereocenters. The molecule has 1 amide bonds. The van der Waals surface area contributed by atoms with Gasteiger partial charge in [0.1, 0.15) is 11.5 Å². The third-order valence-corrected chi connectivity index (χ3v) is 3.45. The number of rotatable bonds is 3.